The topological polar surface area (TPSA) is 76.6 Å². The van der Waals surface area contributed by atoms with E-state index in [-0.39, 0.29) is 0 Å². The van der Waals surface area contributed by atoms with Crippen LogP contribution in [0.2, 0.25) is 0 Å². The van der Waals surface area contributed by atoms with Gasteiger partial charge in [-0.2, -0.15) is 10.2 Å². The van der Waals surface area contributed by atoms with Gasteiger partial charge in [-0.1, -0.05) is 24.0 Å². The van der Waals surface area contributed by atoms with Crippen LogP contribution in [-0.4, -0.2) is 26.6 Å². The number of nitrogens with zero attached hydrogens (tertiary/aromatic N) is 5. The first-order chi connectivity index (χ1) is 16.3. The van der Waals surface area contributed by atoms with Gasteiger partial charge in [0.15, 0.2) is 0 Å². The Kier molecular flexibility index (Phi) is 5.41. The maximum Gasteiger partial charge on any atom is 0.301 e. The Hall–Kier alpha value is -4.68. The van der Waals surface area contributed by atoms with Gasteiger partial charge in [-0.3, -0.25) is 14.5 Å². The van der Waals surface area contributed by atoms with E-state index in [4.69, 9.17) is 10.00 Å². The van der Waals surface area contributed by atoms with Crippen molar-refractivity contribution in [2.45, 2.75) is 12.8 Å². The zero-order chi connectivity index (χ0) is 22.6. The Labute approximate surface area is 191 Å². The smallest absolute Gasteiger partial charge is 0.301 e. The maximum absolute atomic E-state index is 8.85. The first-order valence-electron chi connectivity index (χ1n) is 10.5. The van der Waals surface area contributed by atoms with Crippen LogP contribution in [0.15, 0.2) is 73.2 Å². The Morgan fingerprint density at radius 1 is 0.970 bits per heavy atom. The molecule has 2 aromatic carbocycles. The fraction of sp³-hybridized carbons (Fsp3) is 0.111. The molecule has 5 rings (SSSR count). The van der Waals surface area contributed by atoms with E-state index in [1.165, 1.54) is 0 Å². The number of fused-ring (bicyclic) bond motifs is 3. The summed E-state index contributed by atoms with van der Waals surface area (Å²) in [5.41, 5.74) is 6.27. The lowest BCUT2D eigenvalue weighted by Gasteiger charge is -2.10. The second-order valence-corrected chi connectivity index (χ2v) is 7.47. The summed E-state index contributed by atoms with van der Waals surface area (Å²) in [6.07, 6.45) is 6.46. The van der Waals surface area contributed by atoms with Crippen molar-refractivity contribution in [1.29, 1.82) is 5.26 Å². The van der Waals surface area contributed by atoms with Crippen molar-refractivity contribution in [2.75, 3.05) is 7.11 Å². The molecule has 0 N–H and O–H groups in total. The van der Waals surface area contributed by atoms with Gasteiger partial charge in [0.05, 0.1) is 36.1 Å². The van der Waals surface area contributed by atoms with Gasteiger partial charge in [-0.25, -0.2) is 0 Å². The number of rotatable bonds is 4. The first kappa shape index (κ1) is 20.2. The number of nitriles is 1. The molecule has 5 aromatic rings. The molecule has 0 radical (unpaired) electrons. The normalized spacial score (nSPS) is 10.5. The number of hydrogen-bond donors (Lipinski definition) is 0. The summed E-state index contributed by atoms with van der Waals surface area (Å²) in [5, 5.41) is 9.79. The van der Waals surface area contributed by atoms with E-state index in [1.807, 2.05) is 59.2 Å². The average molecular weight is 429 g/mol. The number of imidazole rings is 1. The van der Waals surface area contributed by atoms with E-state index in [0.29, 0.717) is 12.4 Å². The molecule has 0 atom stereocenters. The van der Waals surface area contributed by atoms with Gasteiger partial charge in [-0.05, 0) is 54.4 Å². The second kappa shape index (κ2) is 8.82. The lowest BCUT2D eigenvalue weighted by atomic mass is 10.1. The van der Waals surface area contributed by atoms with Crippen LogP contribution in [0, 0.1) is 23.2 Å². The summed E-state index contributed by atoms with van der Waals surface area (Å²) in [6, 6.07) is 20.6. The van der Waals surface area contributed by atoms with Crippen LogP contribution in [0.1, 0.15) is 23.1 Å². The van der Waals surface area contributed by atoms with Crippen molar-refractivity contribution in [3.8, 4) is 29.6 Å². The maximum atomic E-state index is 8.85. The quantitative estimate of drug-likeness (QED) is 0.382. The highest BCUT2D eigenvalue weighted by Crippen LogP contribution is 2.31. The molecule has 0 bridgehead atoms. The predicted octanol–water partition coefficient (Wildman–Crippen LogP) is 4.83. The summed E-state index contributed by atoms with van der Waals surface area (Å²) in [4.78, 5) is 13.3. The van der Waals surface area contributed by atoms with Crippen molar-refractivity contribution < 1.29 is 4.74 Å². The number of hydrogen-bond acceptors (Lipinski definition) is 5. The molecule has 158 valence electrons. The van der Waals surface area contributed by atoms with E-state index in [9.17, 15) is 0 Å². The summed E-state index contributed by atoms with van der Waals surface area (Å²) in [6.45, 7) is 0. The molecule has 0 amide bonds. The first-order valence-corrected chi connectivity index (χ1v) is 10.5. The van der Waals surface area contributed by atoms with Gasteiger partial charge in [-0.15, -0.1) is 0 Å². The van der Waals surface area contributed by atoms with Gasteiger partial charge in [0, 0.05) is 35.3 Å². The van der Waals surface area contributed by atoms with Crippen LogP contribution in [-0.2, 0) is 6.42 Å². The van der Waals surface area contributed by atoms with Crippen molar-refractivity contribution >= 4 is 21.9 Å². The van der Waals surface area contributed by atoms with Crippen molar-refractivity contribution in [3.63, 3.8) is 0 Å². The third kappa shape index (κ3) is 3.98. The van der Waals surface area contributed by atoms with Crippen molar-refractivity contribution in [2.24, 2.45) is 0 Å². The highest BCUT2D eigenvalue weighted by molar-refractivity contribution is 6.04. The molecule has 0 aliphatic heterocycles. The molecule has 0 fully saturated rings. The molecule has 0 unspecified atom stereocenters. The third-order valence-electron chi connectivity index (χ3n) is 5.37. The fourth-order valence-corrected chi connectivity index (χ4v) is 3.78. The molecule has 3 aromatic heterocycles. The highest BCUT2D eigenvalue weighted by atomic mass is 16.5. The average Bonchev–Trinajstić information content (AvgIpc) is 3.26. The van der Waals surface area contributed by atoms with Crippen molar-refractivity contribution in [1.82, 2.24) is 19.5 Å². The highest BCUT2D eigenvalue weighted by Gasteiger charge is 2.16. The molecular weight excluding hydrogens is 410 g/mol. The van der Waals surface area contributed by atoms with E-state index in [0.717, 1.165) is 50.7 Å². The number of pyridine rings is 2. The number of aromatic nitrogens is 4. The van der Waals surface area contributed by atoms with Gasteiger partial charge in [0.2, 0.25) is 0 Å². The minimum atomic E-state index is 0.482. The van der Waals surface area contributed by atoms with Crippen molar-refractivity contribution in [3.05, 3.63) is 89.9 Å². The Morgan fingerprint density at radius 2 is 1.82 bits per heavy atom. The fourth-order valence-electron chi connectivity index (χ4n) is 3.78. The monoisotopic (exact) mass is 429 g/mol. The molecular formula is C27H19N5O. The summed E-state index contributed by atoms with van der Waals surface area (Å²) in [5.74, 6) is 6.38. The zero-order valence-corrected chi connectivity index (χ0v) is 18.0. The Bertz CT molecular complexity index is 1550. The molecule has 6 heteroatoms. The molecule has 6 nitrogen and oxygen atoms in total. The number of benzene rings is 2. The number of ether oxygens (including phenoxy) is 1. The Morgan fingerprint density at radius 3 is 2.58 bits per heavy atom. The number of aryl methyl sites for hydroxylation is 1. The van der Waals surface area contributed by atoms with Gasteiger partial charge >= 0.3 is 6.01 Å². The third-order valence-corrected chi connectivity index (χ3v) is 5.37. The van der Waals surface area contributed by atoms with Gasteiger partial charge < -0.3 is 4.74 Å². The summed E-state index contributed by atoms with van der Waals surface area (Å²) in [7, 11) is 1.61. The lowest BCUT2D eigenvalue weighted by molar-refractivity contribution is 0.376. The van der Waals surface area contributed by atoms with Crippen LogP contribution >= 0.6 is 0 Å². The summed E-state index contributed by atoms with van der Waals surface area (Å²) < 4.78 is 7.60. The standard InChI is InChI=1S/C27H19N5O/c1-33-27-31-25-18-30-24-13-10-20(6-7-21-5-3-15-29-17-21)16-23(24)26(25)32(27)22-11-8-19(9-12-22)4-2-14-28/h3,5,8-13,15-18H,2,4H2,1H3. The molecule has 3 heterocycles. The van der Waals surface area contributed by atoms with E-state index in [2.05, 4.69) is 32.9 Å². The molecule has 0 aliphatic rings. The zero-order valence-electron chi connectivity index (χ0n) is 18.0. The number of methoxy groups -OCH3 is 1. The molecule has 0 saturated heterocycles. The van der Waals surface area contributed by atoms with Crippen LogP contribution in [0.25, 0.3) is 27.6 Å². The lowest BCUT2D eigenvalue weighted by Crippen LogP contribution is -1.99. The van der Waals surface area contributed by atoms with E-state index < -0.39 is 0 Å². The van der Waals surface area contributed by atoms with E-state index >= 15 is 0 Å². The molecule has 0 aliphatic carbocycles. The van der Waals surface area contributed by atoms with E-state index in [1.54, 1.807) is 25.7 Å². The molecule has 0 spiro atoms. The van der Waals surface area contributed by atoms with Crippen LogP contribution in [0.4, 0.5) is 0 Å². The largest absolute Gasteiger partial charge is 0.468 e. The van der Waals surface area contributed by atoms with Crippen LogP contribution in [0.5, 0.6) is 6.01 Å². The van der Waals surface area contributed by atoms with Gasteiger partial charge in [0.25, 0.3) is 0 Å². The summed E-state index contributed by atoms with van der Waals surface area (Å²) >= 11 is 0. The molecule has 0 saturated carbocycles. The second-order valence-electron chi connectivity index (χ2n) is 7.47. The minimum Gasteiger partial charge on any atom is -0.468 e. The Balaban J connectivity index is 1.66. The SMILES string of the molecule is COc1nc2cnc3ccc(C#Cc4cccnc4)cc3c2n1-c1ccc(CCC#N)cc1. The predicted molar refractivity (Wildman–Crippen MR) is 127 cm³/mol. The van der Waals surface area contributed by atoms with Crippen LogP contribution in [0.3, 0.4) is 0 Å². The molecule has 33 heavy (non-hydrogen) atoms. The minimum absolute atomic E-state index is 0.482. The van der Waals surface area contributed by atoms with Crippen LogP contribution < -0.4 is 4.74 Å². The van der Waals surface area contributed by atoms with Gasteiger partial charge in [0.1, 0.15) is 5.52 Å².